The van der Waals surface area contributed by atoms with Gasteiger partial charge in [0.05, 0.1) is 0 Å². The van der Waals surface area contributed by atoms with Crippen LogP contribution in [-0.2, 0) is 4.79 Å². The summed E-state index contributed by atoms with van der Waals surface area (Å²) in [5.74, 6) is 1.16. The van der Waals surface area contributed by atoms with Gasteiger partial charge in [-0.3, -0.25) is 4.79 Å². The average molecular weight is 288 g/mol. The van der Waals surface area contributed by atoms with Gasteiger partial charge in [0.25, 0.3) is 0 Å². The first-order chi connectivity index (χ1) is 8.38. The predicted octanol–water partition coefficient (Wildman–Crippen LogP) is 1.12. The number of rotatable bonds is 2. The Morgan fingerprint density at radius 3 is 3.06 bits per heavy atom. The number of nitrogens with one attached hydrogen (secondary N) is 2. The molecule has 0 spiro atoms. The predicted molar refractivity (Wildman–Crippen MR) is 76.2 cm³/mol. The Balaban J connectivity index is 0.00000120. The van der Waals surface area contributed by atoms with Crippen LogP contribution in [0.4, 0.5) is 0 Å². The molecule has 0 aromatic carbocycles. The molecule has 3 aliphatic rings. The van der Waals surface area contributed by atoms with E-state index in [-0.39, 0.29) is 12.4 Å². The molecule has 0 bridgehead atoms. The van der Waals surface area contributed by atoms with Crippen molar-refractivity contribution >= 4 is 30.8 Å². The Bertz CT molecular complexity index is 374. The highest BCUT2D eigenvalue weighted by atomic mass is 35.5. The Hall–Kier alpha value is -0.650. The summed E-state index contributed by atoms with van der Waals surface area (Å²) in [4.78, 5) is 14.2. The van der Waals surface area contributed by atoms with E-state index in [1.165, 1.54) is 11.3 Å². The fourth-order valence-corrected chi connectivity index (χ4v) is 3.95. The van der Waals surface area contributed by atoms with Gasteiger partial charge in [0.1, 0.15) is 0 Å². The van der Waals surface area contributed by atoms with Crippen molar-refractivity contribution in [2.75, 3.05) is 19.6 Å². The lowest BCUT2D eigenvalue weighted by Gasteiger charge is -2.35. The number of hydrogen-bond donors (Lipinski definition) is 2. The Kier molecular flexibility index (Phi) is 4.59. The normalized spacial score (nSPS) is 34.1. The van der Waals surface area contributed by atoms with Gasteiger partial charge in [-0.15, -0.1) is 12.4 Å². The molecule has 0 aromatic rings. The number of halogens is 1. The third kappa shape index (κ3) is 2.53. The molecule has 0 saturated carbocycles. The molecular weight excluding hydrogens is 270 g/mol. The molecule has 0 aliphatic carbocycles. The Morgan fingerprint density at radius 1 is 1.44 bits per heavy atom. The molecule has 3 heterocycles. The largest absolute Gasteiger partial charge is 0.343 e. The van der Waals surface area contributed by atoms with Gasteiger partial charge in [-0.1, -0.05) is 0 Å². The minimum absolute atomic E-state index is 0. The number of nitrogens with zero attached hydrogens (tertiary/aromatic N) is 1. The van der Waals surface area contributed by atoms with E-state index in [1.807, 2.05) is 11.1 Å². The maximum absolute atomic E-state index is 10.9. The third-order valence-corrected chi connectivity index (χ3v) is 4.82. The standard InChI is InChI=1S/C12H17N3OS.ClH/c16-8-15-6-10-9(3-5-13-11(10)7-15)12-2-1-4-14-17-12;/h1-2,4,8-11,13-14H,3,5-7H2;1H/t9?,10-,11-;/m0./s1. The molecule has 3 rings (SSSR count). The highest BCUT2D eigenvalue weighted by Crippen LogP contribution is 2.38. The van der Waals surface area contributed by atoms with Crippen LogP contribution in [0, 0.1) is 11.8 Å². The molecule has 18 heavy (non-hydrogen) atoms. The summed E-state index contributed by atoms with van der Waals surface area (Å²) < 4.78 is 3.20. The van der Waals surface area contributed by atoms with Crippen molar-refractivity contribution < 1.29 is 4.79 Å². The Morgan fingerprint density at radius 2 is 2.33 bits per heavy atom. The molecule has 2 saturated heterocycles. The van der Waals surface area contributed by atoms with Crippen molar-refractivity contribution in [1.29, 1.82) is 0 Å². The van der Waals surface area contributed by atoms with Gasteiger partial charge in [0.2, 0.25) is 6.41 Å². The summed E-state index contributed by atoms with van der Waals surface area (Å²) in [5, 5.41) is 3.54. The summed E-state index contributed by atoms with van der Waals surface area (Å²) in [7, 11) is 0. The zero-order chi connectivity index (χ0) is 11.7. The first kappa shape index (κ1) is 13.8. The molecule has 1 unspecified atom stereocenters. The van der Waals surface area contributed by atoms with Crippen LogP contribution in [0.1, 0.15) is 6.42 Å². The molecule has 3 atom stereocenters. The second-order valence-corrected chi connectivity index (χ2v) is 5.74. The zero-order valence-electron chi connectivity index (χ0n) is 10.0. The Labute approximate surface area is 118 Å². The molecule has 2 fully saturated rings. The van der Waals surface area contributed by atoms with Crippen LogP contribution in [0.5, 0.6) is 0 Å². The first-order valence-electron chi connectivity index (χ1n) is 6.10. The fourth-order valence-electron chi connectivity index (χ4n) is 3.08. The number of piperidine rings is 1. The lowest BCUT2D eigenvalue weighted by molar-refractivity contribution is -0.117. The number of carbonyl (C=O) groups excluding carboxylic acids is 1. The van der Waals surface area contributed by atoms with E-state index in [0.717, 1.165) is 26.0 Å². The van der Waals surface area contributed by atoms with Crippen LogP contribution in [0.15, 0.2) is 23.3 Å². The first-order valence-corrected chi connectivity index (χ1v) is 6.92. The topological polar surface area (TPSA) is 44.4 Å². The monoisotopic (exact) mass is 287 g/mol. The van der Waals surface area contributed by atoms with Gasteiger partial charge in [-0.05, 0) is 43.0 Å². The van der Waals surface area contributed by atoms with Gasteiger partial charge in [0, 0.05) is 36.2 Å². The van der Waals surface area contributed by atoms with E-state index in [0.29, 0.717) is 17.9 Å². The van der Waals surface area contributed by atoms with Crippen molar-refractivity contribution in [1.82, 2.24) is 14.9 Å². The molecule has 1 amide bonds. The average Bonchev–Trinajstić information content (AvgIpc) is 2.82. The van der Waals surface area contributed by atoms with E-state index >= 15 is 0 Å². The van der Waals surface area contributed by atoms with Crippen LogP contribution in [0.25, 0.3) is 0 Å². The van der Waals surface area contributed by atoms with Crippen LogP contribution >= 0.6 is 24.4 Å². The van der Waals surface area contributed by atoms with Gasteiger partial charge in [-0.2, -0.15) is 0 Å². The van der Waals surface area contributed by atoms with Gasteiger partial charge in [-0.25, -0.2) is 0 Å². The van der Waals surface area contributed by atoms with Crippen LogP contribution in [0.2, 0.25) is 0 Å². The number of likely N-dealkylation sites (tertiary alicyclic amines) is 1. The minimum Gasteiger partial charge on any atom is -0.343 e. The van der Waals surface area contributed by atoms with Crippen LogP contribution in [-0.4, -0.2) is 37.0 Å². The highest BCUT2D eigenvalue weighted by Gasteiger charge is 2.41. The lowest BCUT2D eigenvalue weighted by atomic mass is 9.82. The number of carbonyl (C=O) groups is 1. The number of allylic oxidation sites excluding steroid dienone is 3. The SMILES string of the molecule is Cl.O=CN1C[C@@H]2NCCC(C3=CC=CNS3)[C@@H]2C1. The maximum atomic E-state index is 10.9. The van der Waals surface area contributed by atoms with E-state index in [2.05, 4.69) is 22.2 Å². The zero-order valence-corrected chi connectivity index (χ0v) is 11.7. The van der Waals surface area contributed by atoms with Gasteiger partial charge < -0.3 is 14.9 Å². The summed E-state index contributed by atoms with van der Waals surface area (Å²) in [5.41, 5.74) is 0. The molecule has 4 nitrogen and oxygen atoms in total. The molecule has 6 heteroatoms. The van der Waals surface area contributed by atoms with E-state index < -0.39 is 0 Å². The molecule has 0 radical (unpaired) electrons. The maximum Gasteiger partial charge on any atom is 0.209 e. The van der Waals surface area contributed by atoms with E-state index in [4.69, 9.17) is 0 Å². The minimum atomic E-state index is 0. The van der Waals surface area contributed by atoms with Gasteiger partial charge in [0.15, 0.2) is 0 Å². The van der Waals surface area contributed by atoms with Crippen molar-refractivity contribution in [2.24, 2.45) is 11.8 Å². The van der Waals surface area contributed by atoms with Crippen molar-refractivity contribution in [3.8, 4) is 0 Å². The molecule has 0 aromatic heterocycles. The van der Waals surface area contributed by atoms with E-state index in [1.54, 1.807) is 11.9 Å². The van der Waals surface area contributed by atoms with E-state index in [9.17, 15) is 4.79 Å². The summed E-state index contributed by atoms with van der Waals surface area (Å²) in [6.07, 6.45) is 8.38. The molecular formula is C12H18ClN3OS. The molecule has 3 aliphatic heterocycles. The second kappa shape index (κ2) is 5.99. The van der Waals surface area contributed by atoms with Crippen LogP contribution in [0.3, 0.4) is 0 Å². The molecule has 100 valence electrons. The summed E-state index contributed by atoms with van der Waals surface area (Å²) in [6, 6.07) is 0.478. The van der Waals surface area contributed by atoms with Crippen LogP contribution < -0.4 is 10.0 Å². The van der Waals surface area contributed by atoms with Gasteiger partial charge >= 0.3 is 0 Å². The second-order valence-electron chi connectivity index (χ2n) is 4.83. The quantitative estimate of drug-likeness (QED) is 0.590. The smallest absolute Gasteiger partial charge is 0.209 e. The molecule has 2 N–H and O–H groups in total. The fraction of sp³-hybridized carbons (Fsp3) is 0.583. The van der Waals surface area contributed by atoms with Crippen molar-refractivity contribution in [2.45, 2.75) is 12.5 Å². The third-order valence-electron chi connectivity index (χ3n) is 3.89. The number of amides is 1. The number of fused-ring (bicyclic) bond motifs is 1. The number of hydrogen-bond acceptors (Lipinski definition) is 4. The summed E-state index contributed by atoms with van der Waals surface area (Å²) >= 11 is 1.72. The summed E-state index contributed by atoms with van der Waals surface area (Å²) in [6.45, 7) is 2.82. The highest BCUT2D eigenvalue weighted by molar-refractivity contribution is 8.01. The van der Waals surface area contributed by atoms with Crippen molar-refractivity contribution in [3.63, 3.8) is 0 Å². The van der Waals surface area contributed by atoms with Crippen molar-refractivity contribution in [3.05, 3.63) is 23.3 Å². The lowest BCUT2D eigenvalue weighted by Crippen LogP contribution is -2.45.